The first-order chi connectivity index (χ1) is 13.4. The Bertz CT molecular complexity index is 972. The van der Waals surface area contributed by atoms with Gasteiger partial charge in [0.2, 0.25) is 0 Å². The lowest BCUT2D eigenvalue weighted by Crippen LogP contribution is -2.37. The molecule has 3 aliphatic rings. The Hall–Kier alpha value is -1.95. The van der Waals surface area contributed by atoms with Gasteiger partial charge in [0.05, 0.1) is 11.4 Å². The Morgan fingerprint density at radius 2 is 1.96 bits per heavy atom. The second kappa shape index (κ2) is 6.30. The minimum absolute atomic E-state index is 0.442. The van der Waals surface area contributed by atoms with Crippen LogP contribution in [-0.2, 0) is 12.8 Å². The van der Waals surface area contributed by atoms with Crippen LogP contribution in [0.2, 0.25) is 0 Å². The maximum Gasteiger partial charge on any atom is 0.141 e. The smallest absolute Gasteiger partial charge is 0.141 e. The first kappa shape index (κ1) is 16.0. The van der Waals surface area contributed by atoms with Crippen LogP contribution in [-0.4, -0.2) is 32.8 Å². The summed E-state index contributed by atoms with van der Waals surface area (Å²) in [5.74, 6) is 2.91. The fraction of sp³-hybridized carbons (Fsp3) is 0.571. The molecule has 27 heavy (non-hydrogen) atoms. The molecule has 1 saturated heterocycles. The summed E-state index contributed by atoms with van der Waals surface area (Å²) in [4.78, 5) is 15.6. The fourth-order valence-corrected chi connectivity index (χ4v) is 6.03. The molecule has 0 radical (unpaired) electrons. The van der Waals surface area contributed by atoms with Gasteiger partial charge in [0, 0.05) is 36.3 Å². The van der Waals surface area contributed by atoms with Crippen LogP contribution < -0.4 is 4.90 Å². The van der Waals surface area contributed by atoms with Gasteiger partial charge >= 0.3 is 0 Å². The van der Waals surface area contributed by atoms with Crippen LogP contribution in [0.25, 0.3) is 10.2 Å². The van der Waals surface area contributed by atoms with Crippen molar-refractivity contribution in [2.45, 2.75) is 63.3 Å². The predicted molar refractivity (Wildman–Crippen MR) is 109 cm³/mol. The van der Waals surface area contributed by atoms with Crippen molar-refractivity contribution in [1.29, 1.82) is 0 Å². The number of thiophene rings is 1. The Morgan fingerprint density at radius 1 is 1.04 bits per heavy atom. The van der Waals surface area contributed by atoms with E-state index in [-0.39, 0.29) is 0 Å². The molecule has 1 atom stereocenters. The Balaban J connectivity index is 1.46. The molecule has 3 aromatic rings. The topological polar surface area (TPSA) is 46.8 Å². The molecule has 1 saturated carbocycles. The number of nitrogens with zero attached hydrogens (tertiary/aromatic N) is 5. The zero-order valence-corrected chi connectivity index (χ0v) is 16.4. The molecule has 6 rings (SSSR count). The summed E-state index contributed by atoms with van der Waals surface area (Å²) >= 11 is 1.94. The van der Waals surface area contributed by atoms with Crippen molar-refractivity contribution in [2.24, 2.45) is 0 Å². The molecular weight excluding hydrogens is 354 g/mol. The molecule has 6 heteroatoms. The molecule has 3 aromatic heterocycles. The summed E-state index contributed by atoms with van der Waals surface area (Å²) in [7, 11) is 0. The quantitative estimate of drug-likeness (QED) is 0.673. The maximum atomic E-state index is 5.17. The lowest BCUT2D eigenvalue weighted by Gasteiger charge is -2.34. The van der Waals surface area contributed by atoms with E-state index in [0.29, 0.717) is 12.0 Å². The monoisotopic (exact) mass is 379 g/mol. The van der Waals surface area contributed by atoms with Gasteiger partial charge in [-0.25, -0.2) is 9.97 Å². The van der Waals surface area contributed by atoms with Gasteiger partial charge in [0.15, 0.2) is 0 Å². The Kier molecular flexibility index (Phi) is 3.74. The number of aryl methyl sites for hydroxylation is 2. The first-order valence-corrected chi connectivity index (χ1v) is 11.2. The molecule has 4 heterocycles. The predicted octanol–water partition coefficient (Wildman–Crippen LogP) is 4.49. The van der Waals surface area contributed by atoms with Crippen LogP contribution >= 0.6 is 11.3 Å². The van der Waals surface area contributed by atoms with Gasteiger partial charge in [0.25, 0.3) is 0 Å². The van der Waals surface area contributed by atoms with Crippen LogP contribution in [0.3, 0.4) is 0 Å². The van der Waals surface area contributed by atoms with Crippen LogP contribution in [0.1, 0.15) is 66.7 Å². The van der Waals surface area contributed by atoms with Gasteiger partial charge in [0.1, 0.15) is 16.5 Å². The van der Waals surface area contributed by atoms with Gasteiger partial charge in [-0.15, -0.1) is 11.3 Å². The summed E-state index contributed by atoms with van der Waals surface area (Å²) in [5, 5.41) is 5.88. The van der Waals surface area contributed by atoms with Crippen LogP contribution in [0.5, 0.6) is 0 Å². The third-order valence-corrected chi connectivity index (χ3v) is 7.54. The van der Waals surface area contributed by atoms with E-state index in [1.807, 2.05) is 23.6 Å². The van der Waals surface area contributed by atoms with E-state index in [0.717, 1.165) is 18.9 Å². The van der Waals surface area contributed by atoms with Crippen molar-refractivity contribution in [1.82, 2.24) is 19.7 Å². The molecule has 0 N–H and O–H groups in total. The molecule has 0 aromatic carbocycles. The van der Waals surface area contributed by atoms with E-state index < -0.39 is 0 Å². The maximum absolute atomic E-state index is 5.17. The highest BCUT2D eigenvalue weighted by Crippen LogP contribution is 2.44. The number of anilines is 1. The van der Waals surface area contributed by atoms with Crippen molar-refractivity contribution in [3.05, 3.63) is 34.7 Å². The van der Waals surface area contributed by atoms with E-state index in [9.17, 15) is 0 Å². The van der Waals surface area contributed by atoms with Gasteiger partial charge in [-0.05, 0) is 63.0 Å². The number of hydrogen-bond donors (Lipinski definition) is 0. The van der Waals surface area contributed by atoms with E-state index in [2.05, 4.69) is 20.9 Å². The average molecular weight is 380 g/mol. The summed E-state index contributed by atoms with van der Waals surface area (Å²) < 4.78 is 2.13. The average Bonchev–Trinajstić information content (AvgIpc) is 3.28. The van der Waals surface area contributed by atoms with Gasteiger partial charge in [-0.2, -0.15) is 5.10 Å². The van der Waals surface area contributed by atoms with Gasteiger partial charge < -0.3 is 4.90 Å². The lowest BCUT2D eigenvalue weighted by molar-refractivity contribution is 0.375. The molecule has 140 valence electrons. The molecule has 1 aliphatic heterocycles. The largest absolute Gasteiger partial charge is 0.354 e. The normalized spacial score (nSPS) is 23.0. The molecular formula is C21H25N5S. The van der Waals surface area contributed by atoms with Gasteiger partial charge in [-0.1, -0.05) is 0 Å². The van der Waals surface area contributed by atoms with E-state index in [1.165, 1.54) is 67.4 Å². The zero-order chi connectivity index (χ0) is 17.8. The SMILES string of the molecule is c1cnn(C2CCCN(c3nc(C4CC4)nc4sc5c(c34)CCCC5)C2)c1. The van der Waals surface area contributed by atoms with Crippen molar-refractivity contribution in [3.8, 4) is 0 Å². The lowest BCUT2D eigenvalue weighted by atomic mass is 9.96. The van der Waals surface area contributed by atoms with E-state index in [1.54, 1.807) is 10.4 Å². The summed E-state index contributed by atoms with van der Waals surface area (Å²) in [5.41, 5.74) is 1.56. The molecule has 1 unspecified atom stereocenters. The van der Waals surface area contributed by atoms with Crippen LogP contribution in [0, 0.1) is 0 Å². The zero-order valence-electron chi connectivity index (χ0n) is 15.6. The second-order valence-corrected chi connectivity index (χ2v) is 9.38. The number of piperidine rings is 1. The number of rotatable bonds is 3. The highest BCUT2D eigenvalue weighted by Gasteiger charge is 2.32. The number of fused-ring (bicyclic) bond motifs is 3. The standard InChI is InChI=1S/C21H25N5S/c1-2-7-17-16(6-1)18-20(23-19(14-8-9-14)24-21(18)27-17)25-11-3-5-15(13-25)26-12-4-10-22-26/h4,10,12,14-15H,1-3,5-9,11,13H2. The fourth-order valence-electron chi connectivity index (χ4n) is 4.77. The first-order valence-electron chi connectivity index (χ1n) is 10.4. The minimum atomic E-state index is 0.442. The van der Waals surface area contributed by atoms with Crippen molar-refractivity contribution in [3.63, 3.8) is 0 Å². The van der Waals surface area contributed by atoms with Crippen molar-refractivity contribution < 1.29 is 0 Å². The third-order valence-electron chi connectivity index (χ3n) is 6.35. The highest BCUT2D eigenvalue weighted by molar-refractivity contribution is 7.19. The summed E-state index contributed by atoms with van der Waals surface area (Å²) in [6, 6.07) is 2.47. The molecule has 2 aliphatic carbocycles. The highest BCUT2D eigenvalue weighted by atomic mass is 32.1. The van der Waals surface area contributed by atoms with Crippen molar-refractivity contribution >= 4 is 27.4 Å². The van der Waals surface area contributed by atoms with Crippen LogP contribution in [0.4, 0.5) is 5.82 Å². The molecule has 0 spiro atoms. The second-order valence-electron chi connectivity index (χ2n) is 8.30. The molecule has 0 amide bonds. The third kappa shape index (κ3) is 2.76. The van der Waals surface area contributed by atoms with Crippen molar-refractivity contribution in [2.75, 3.05) is 18.0 Å². The van der Waals surface area contributed by atoms with Crippen LogP contribution in [0.15, 0.2) is 18.5 Å². The number of hydrogen-bond acceptors (Lipinski definition) is 5. The molecule has 2 fully saturated rings. The molecule has 5 nitrogen and oxygen atoms in total. The Labute approximate surface area is 163 Å². The van der Waals surface area contributed by atoms with Gasteiger partial charge in [-0.3, -0.25) is 4.68 Å². The van der Waals surface area contributed by atoms with E-state index in [4.69, 9.17) is 9.97 Å². The summed E-state index contributed by atoms with van der Waals surface area (Å²) in [6.45, 7) is 2.10. The Morgan fingerprint density at radius 3 is 2.81 bits per heavy atom. The van der Waals surface area contributed by atoms with E-state index >= 15 is 0 Å². The summed E-state index contributed by atoms with van der Waals surface area (Å²) in [6.07, 6.45) is 14.0. The number of aromatic nitrogens is 4. The minimum Gasteiger partial charge on any atom is -0.354 e. The molecule has 0 bridgehead atoms.